The molecule has 0 bridgehead atoms. The molecule has 0 saturated heterocycles. The molecule has 110 valence electrons. The van der Waals surface area contributed by atoms with Gasteiger partial charge in [-0.1, -0.05) is 13.0 Å². The van der Waals surface area contributed by atoms with Crippen LogP contribution in [0.5, 0.6) is 0 Å². The summed E-state index contributed by atoms with van der Waals surface area (Å²) in [6, 6.07) is 5.54. The Labute approximate surface area is 121 Å². The van der Waals surface area contributed by atoms with E-state index in [1.54, 1.807) is 12.1 Å². The molecule has 2 N–H and O–H groups in total. The molecule has 1 aliphatic carbocycles. The molecule has 0 spiro atoms. The first kappa shape index (κ1) is 13.9. The first-order valence-corrected chi connectivity index (χ1v) is 8.92. The Bertz CT molecular complexity index is 598. The van der Waals surface area contributed by atoms with Gasteiger partial charge in [0.25, 0.3) is 0 Å². The average Bonchev–Trinajstić information content (AvgIpc) is 2.83. The van der Waals surface area contributed by atoms with Crippen LogP contribution in [-0.4, -0.2) is 21.0 Å². The van der Waals surface area contributed by atoms with Gasteiger partial charge in [-0.25, -0.2) is 13.1 Å². The number of fused-ring (bicyclic) bond motifs is 1. The molecule has 1 heterocycles. The highest BCUT2D eigenvalue weighted by atomic mass is 32.2. The van der Waals surface area contributed by atoms with Crippen molar-refractivity contribution in [2.24, 2.45) is 5.92 Å². The van der Waals surface area contributed by atoms with Crippen LogP contribution in [0.4, 0.5) is 5.69 Å². The second kappa shape index (κ2) is 5.37. The molecule has 0 aromatic heterocycles. The molecule has 1 aromatic rings. The SMILES string of the molecule is CC1CCC(NS(=O)(=O)c2ccc3c(c2)NCCC3)C1. The van der Waals surface area contributed by atoms with Crippen LogP contribution in [0.2, 0.25) is 0 Å². The third-order valence-corrected chi connectivity index (χ3v) is 5.86. The molecule has 0 radical (unpaired) electrons. The number of hydrogen-bond donors (Lipinski definition) is 2. The van der Waals surface area contributed by atoms with E-state index >= 15 is 0 Å². The second-order valence-electron chi connectivity index (χ2n) is 6.09. The third kappa shape index (κ3) is 2.83. The van der Waals surface area contributed by atoms with Gasteiger partial charge in [0, 0.05) is 18.3 Å². The maximum atomic E-state index is 12.4. The van der Waals surface area contributed by atoms with E-state index in [4.69, 9.17) is 0 Å². The number of aryl methyl sites for hydroxylation is 1. The predicted octanol–water partition coefficient (Wildman–Crippen LogP) is 2.51. The average molecular weight is 294 g/mol. The molecule has 1 saturated carbocycles. The first-order chi connectivity index (χ1) is 9.54. The summed E-state index contributed by atoms with van der Waals surface area (Å²) in [5.41, 5.74) is 2.18. The van der Waals surface area contributed by atoms with Crippen molar-refractivity contribution < 1.29 is 8.42 Å². The van der Waals surface area contributed by atoms with Crippen LogP contribution in [0.15, 0.2) is 23.1 Å². The number of nitrogens with one attached hydrogen (secondary N) is 2. The second-order valence-corrected chi connectivity index (χ2v) is 7.80. The zero-order valence-electron chi connectivity index (χ0n) is 11.9. The molecule has 1 aliphatic heterocycles. The Morgan fingerprint density at radius 1 is 1.30 bits per heavy atom. The maximum absolute atomic E-state index is 12.4. The Kier molecular flexibility index (Phi) is 3.73. The van der Waals surface area contributed by atoms with Gasteiger partial charge < -0.3 is 5.32 Å². The van der Waals surface area contributed by atoms with Crippen LogP contribution in [0.25, 0.3) is 0 Å². The summed E-state index contributed by atoms with van der Waals surface area (Å²) in [6.07, 6.45) is 5.14. The van der Waals surface area contributed by atoms with Crippen LogP contribution in [0, 0.1) is 5.92 Å². The van der Waals surface area contributed by atoms with Gasteiger partial charge in [0.15, 0.2) is 0 Å². The van der Waals surface area contributed by atoms with E-state index in [0.717, 1.165) is 44.3 Å². The summed E-state index contributed by atoms with van der Waals surface area (Å²) in [6.45, 7) is 3.10. The monoisotopic (exact) mass is 294 g/mol. The van der Waals surface area contributed by atoms with Gasteiger partial charge in [-0.05, 0) is 55.7 Å². The lowest BCUT2D eigenvalue weighted by molar-refractivity contribution is 0.538. The van der Waals surface area contributed by atoms with Gasteiger partial charge in [-0.2, -0.15) is 0 Å². The van der Waals surface area contributed by atoms with Gasteiger partial charge in [0.2, 0.25) is 10.0 Å². The van der Waals surface area contributed by atoms with Gasteiger partial charge in [-0.3, -0.25) is 0 Å². The van der Waals surface area contributed by atoms with Crippen LogP contribution in [0.3, 0.4) is 0 Å². The number of rotatable bonds is 3. The zero-order valence-corrected chi connectivity index (χ0v) is 12.7. The van der Waals surface area contributed by atoms with Crippen molar-refractivity contribution >= 4 is 15.7 Å². The summed E-state index contributed by atoms with van der Waals surface area (Å²) in [5, 5.41) is 3.28. The predicted molar refractivity (Wildman–Crippen MR) is 80.4 cm³/mol. The molecule has 0 amide bonds. The highest BCUT2D eigenvalue weighted by molar-refractivity contribution is 7.89. The van der Waals surface area contributed by atoms with Crippen molar-refractivity contribution in [1.82, 2.24) is 4.72 Å². The topological polar surface area (TPSA) is 58.2 Å². The Hall–Kier alpha value is -1.07. The van der Waals surface area contributed by atoms with E-state index in [1.165, 1.54) is 5.56 Å². The third-order valence-electron chi connectivity index (χ3n) is 4.35. The fourth-order valence-electron chi connectivity index (χ4n) is 3.21. The normalized spacial score (nSPS) is 26.1. The molecule has 1 fully saturated rings. The molecular formula is C15H22N2O2S. The van der Waals surface area contributed by atoms with Crippen LogP contribution >= 0.6 is 0 Å². The van der Waals surface area contributed by atoms with E-state index < -0.39 is 10.0 Å². The summed E-state index contributed by atoms with van der Waals surface area (Å²) in [5.74, 6) is 0.618. The van der Waals surface area contributed by atoms with Gasteiger partial charge in [0.1, 0.15) is 0 Å². The van der Waals surface area contributed by atoms with E-state index in [1.807, 2.05) is 6.07 Å². The van der Waals surface area contributed by atoms with Crippen LogP contribution in [0.1, 0.15) is 38.2 Å². The molecule has 2 aliphatic rings. The lowest BCUT2D eigenvalue weighted by atomic mass is 10.0. The van der Waals surface area contributed by atoms with Crippen molar-refractivity contribution in [2.45, 2.75) is 50.0 Å². The smallest absolute Gasteiger partial charge is 0.240 e. The highest BCUT2D eigenvalue weighted by Crippen LogP contribution is 2.28. The Morgan fingerprint density at radius 3 is 2.90 bits per heavy atom. The van der Waals surface area contributed by atoms with Crippen LogP contribution in [-0.2, 0) is 16.4 Å². The lowest BCUT2D eigenvalue weighted by Gasteiger charge is -2.19. The summed E-state index contributed by atoms with van der Waals surface area (Å²) in [7, 11) is -3.39. The Morgan fingerprint density at radius 2 is 2.15 bits per heavy atom. The van der Waals surface area contributed by atoms with Gasteiger partial charge in [0.05, 0.1) is 4.90 Å². The number of hydrogen-bond acceptors (Lipinski definition) is 3. The van der Waals surface area contributed by atoms with Crippen molar-refractivity contribution in [2.75, 3.05) is 11.9 Å². The molecule has 1 aromatic carbocycles. The number of sulfonamides is 1. The minimum atomic E-state index is -3.39. The largest absolute Gasteiger partial charge is 0.385 e. The summed E-state index contributed by atoms with van der Waals surface area (Å²) < 4.78 is 27.7. The fraction of sp³-hybridized carbons (Fsp3) is 0.600. The molecule has 4 nitrogen and oxygen atoms in total. The maximum Gasteiger partial charge on any atom is 0.240 e. The van der Waals surface area contributed by atoms with Gasteiger partial charge in [-0.15, -0.1) is 0 Å². The fourth-order valence-corrected chi connectivity index (χ4v) is 4.52. The highest BCUT2D eigenvalue weighted by Gasteiger charge is 2.27. The zero-order chi connectivity index (χ0) is 14.2. The number of anilines is 1. The van der Waals surface area contributed by atoms with Crippen molar-refractivity contribution in [1.29, 1.82) is 0 Å². The van der Waals surface area contributed by atoms with E-state index in [0.29, 0.717) is 10.8 Å². The quantitative estimate of drug-likeness (QED) is 0.900. The van der Waals surface area contributed by atoms with E-state index in [9.17, 15) is 8.42 Å². The minimum absolute atomic E-state index is 0.0963. The molecule has 2 atom stereocenters. The van der Waals surface area contributed by atoms with Gasteiger partial charge >= 0.3 is 0 Å². The molecular weight excluding hydrogens is 272 g/mol. The summed E-state index contributed by atoms with van der Waals surface area (Å²) in [4.78, 5) is 0.380. The van der Waals surface area contributed by atoms with Crippen molar-refractivity contribution in [3.8, 4) is 0 Å². The molecule has 3 rings (SSSR count). The minimum Gasteiger partial charge on any atom is -0.385 e. The standard InChI is InChI=1S/C15H22N2O2S/c1-11-4-6-13(9-11)17-20(18,19)14-7-5-12-3-2-8-16-15(12)10-14/h5,7,10-11,13,16-17H,2-4,6,8-9H2,1H3. The molecule has 2 unspecified atom stereocenters. The first-order valence-electron chi connectivity index (χ1n) is 7.44. The number of benzene rings is 1. The lowest BCUT2D eigenvalue weighted by Crippen LogP contribution is -2.33. The summed E-state index contributed by atoms with van der Waals surface area (Å²) >= 11 is 0. The Balaban J connectivity index is 1.80. The van der Waals surface area contributed by atoms with Crippen molar-refractivity contribution in [3.63, 3.8) is 0 Å². The van der Waals surface area contributed by atoms with Crippen LogP contribution < -0.4 is 10.0 Å². The molecule has 5 heteroatoms. The molecule has 20 heavy (non-hydrogen) atoms. The van der Waals surface area contributed by atoms with Crippen molar-refractivity contribution in [3.05, 3.63) is 23.8 Å². The van der Waals surface area contributed by atoms with E-state index in [-0.39, 0.29) is 6.04 Å². The van der Waals surface area contributed by atoms with E-state index in [2.05, 4.69) is 17.0 Å².